The lowest BCUT2D eigenvalue weighted by Gasteiger charge is -2.13. The molecule has 0 aliphatic heterocycles. The summed E-state index contributed by atoms with van der Waals surface area (Å²) < 4.78 is 7.17. The van der Waals surface area contributed by atoms with Gasteiger partial charge in [0, 0.05) is 11.6 Å². The average Bonchev–Trinajstić information content (AvgIpc) is 3.17. The van der Waals surface area contributed by atoms with Crippen LogP contribution in [0.25, 0.3) is 11.5 Å². The van der Waals surface area contributed by atoms with Crippen LogP contribution in [0.5, 0.6) is 5.75 Å². The van der Waals surface area contributed by atoms with Gasteiger partial charge in [-0.1, -0.05) is 6.07 Å². The first-order valence-corrected chi connectivity index (χ1v) is 8.98. The fourth-order valence-corrected chi connectivity index (χ4v) is 2.91. The summed E-state index contributed by atoms with van der Waals surface area (Å²) in [5, 5.41) is 10.8. The van der Waals surface area contributed by atoms with E-state index in [1.807, 2.05) is 18.4 Å². The minimum Gasteiger partial charge on any atom is -0.496 e. The molecular weight excluding hydrogens is 372 g/mol. The van der Waals surface area contributed by atoms with E-state index in [0.717, 1.165) is 0 Å². The molecule has 0 spiro atoms. The second-order valence-electron chi connectivity index (χ2n) is 6.75. The molecule has 2 heterocycles. The zero-order valence-electron chi connectivity index (χ0n) is 16.6. The normalized spacial score (nSPS) is 10.8. The highest BCUT2D eigenvalue weighted by molar-refractivity contribution is 6.08. The van der Waals surface area contributed by atoms with Crippen LogP contribution in [0.15, 0.2) is 36.7 Å². The van der Waals surface area contributed by atoms with Gasteiger partial charge in [-0.25, -0.2) is 4.98 Å². The van der Waals surface area contributed by atoms with Crippen LogP contribution in [0.3, 0.4) is 0 Å². The SMILES string of the molecule is COc1cc(C)c(C(N)=O)cc1C(=O)Nc1cccc(-c2nncn2C(C)C)n1. The summed E-state index contributed by atoms with van der Waals surface area (Å²) in [7, 11) is 1.45. The number of carbonyl (C=O) groups is 2. The Morgan fingerprint density at radius 1 is 1.21 bits per heavy atom. The van der Waals surface area contributed by atoms with Gasteiger partial charge >= 0.3 is 0 Å². The van der Waals surface area contributed by atoms with E-state index in [-0.39, 0.29) is 17.2 Å². The molecule has 29 heavy (non-hydrogen) atoms. The topological polar surface area (TPSA) is 125 Å². The van der Waals surface area contributed by atoms with Crippen molar-refractivity contribution >= 4 is 17.6 Å². The molecule has 0 aliphatic rings. The van der Waals surface area contributed by atoms with Crippen molar-refractivity contribution < 1.29 is 14.3 Å². The van der Waals surface area contributed by atoms with Gasteiger partial charge in [-0.2, -0.15) is 0 Å². The summed E-state index contributed by atoms with van der Waals surface area (Å²) in [6.07, 6.45) is 1.63. The van der Waals surface area contributed by atoms with E-state index < -0.39 is 11.8 Å². The van der Waals surface area contributed by atoms with Crippen molar-refractivity contribution in [1.29, 1.82) is 0 Å². The van der Waals surface area contributed by atoms with Crippen molar-refractivity contribution in [2.24, 2.45) is 5.73 Å². The zero-order chi connectivity index (χ0) is 21.1. The van der Waals surface area contributed by atoms with Gasteiger partial charge in [-0.3, -0.25) is 9.59 Å². The molecule has 3 N–H and O–H groups in total. The molecule has 0 radical (unpaired) electrons. The number of nitrogens with two attached hydrogens (primary N) is 1. The van der Waals surface area contributed by atoms with Crippen LogP contribution in [0.4, 0.5) is 5.82 Å². The van der Waals surface area contributed by atoms with Crippen LogP contribution in [0.1, 0.15) is 46.2 Å². The molecule has 0 bridgehead atoms. The molecule has 0 saturated carbocycles. The maximum atomic E-state index is 12.8. The Morgan fingerprint density at radius 2 is 1.97 bits per heavy atom. The first-order chi connectivity index (χ1) is 13.8. The Bertz CT molecular complexity index is 1070. The minimum atomic E-state index is -0.618. The number of aromatic nitrogens is 4. The number of ether oxygens (including phenoxy) is 1. The van der Waals surface area contributed by atoms with Gasteiger partial charge in [0.15, 0.2) is 5.82 Å². The van der Waals surface area contributed by atoms with Crippen molar-refractivity contribution in [2.75, 3.05) is 12.4 Å². The maximum Gasteiger partial charge on any atom is 0.260 e. The third kappa shape index (κ3) is 4.08. The van der Waals surface area contributed by atoms with Gasteiger partial charge in [0.25, 0.3) is 5.91 Å². The van der Waals surface area contributed by atoms with E-state index in [0.29, 0.717) is 28.6 Å². The molecule has 3 aromatic rings. The quantitative estimate of drug-likeness (QED) is 0.662. The first-order valence-electron chi connectivity index (χ1n) is 8.98. The Hall–Kier alpha value is -3.75. The fourth-order valence-electron chi connectivity index (χ4n) is 2.91. The molecule has 9 nitrogen and oxygen atoms in total. The lowest BCUT2D eigenvalue weighted by Crippen LogP contribution is -2.18. The lowest BCUT2D eigenvalue weighted by molar-refractivity contribution is 0.0999. The average molecular weight is 394 g/mol. The Balaban J connectivity index is 1.93. The van der Waals surface area contributed by atoms with E-state index in [1.165, 1.54) is 13.2 Å². The van der Waals surface area contributed by atoms with Gasteiger partial charge < -0.3 is 20.4 Å². The Morgan fingerprint density at radius 3 is 2.62 bits per heavy atom. The lowest BCUT2D eigenvalue weighted by atomic mass is 10.0. The third-order valence-corrected chi connectivity index (χ3v) is 4.41. The van der Waals surface area contributed by atoms with Gasteiger partial charge in [-0.15, -0.1) is 10.2 Å². The predicted octanol–water partition coefficient (Wildman–Crippen LogP) is 2.59. The Kier molecular flexibility index (Phi) is 5.58. The molecule has 0 fully saturated rings. The number of benzene rings is 1. The van der Waals surface area contributed by atoms with Gasteiger partial charge in [-0.05, 0) is 50.6 Å². The second kappa shape index (κ2) is 8.09. The first kappa shape index (κ1) is 20.0. The number of hydrogen-bond acceptors (Lipinski definition) is 6. The van der Waals surface area contributed by atoms with Crippen molar-refractivity contribution in [3.8, 4) is 17.3 Å². The van der Waals surface area contributed by atoms with Gasteiger partial charge in [0.1, 0.15) is 23.6 Å². The van der Waals surface area contributed by atoms with Crippen LogP contribution in [0, 0.1) is 6.92 Å². The van der Waals surface area contributed by atoms with Gasteiger partial charge in [0.05, 0.1) is 12.7 Å². The number of nitrogens with one attached hydrogen (secondary N) is 1. The summed E-state index contributed by atoms with van der Waals surface area (Å²) in [5.41, 5.74) is 7.03. The molecule has 2 aromatic heterocycles. The Labute approximate surface area is 167 Å². The number of primary amides is 1. The van der Waals surface area contributed by atoms with E-state index in [2.05, 4.69) is 20.5 Å². The van der Waals surface area contributed by atoms with Crippen LogP contribution in [-0.4, -0.2) is 38.7 Å². The smallest absolute Gasteiger partial charge is 0.260 e. The largest absolute Gasteiger partial charge is 0.496 e. The van der Waals surface area contributed by atoms with E-state index in [4.69, 9.17) is 10.5 Å². The summed E-state index contributed by atoms with van der Waals surface area (Å²) in [6.45, 7) is 5.75. The number of anilines is 1. The number of hydrogen-bond donors (Lipinski definition) is 2. The standard InChI is InChI=1S/C20H22N6O3/c1-11(2)26-10-22-25-19(26)15-6-5-7-17(23-15)24-20(28)14-9-13(18(21)27)12(3)8-16(14)29-4/h5-11H,1-4H3,(H2,21,27)(H,23,24,28). The molecule has 2 amide bonds. The van der Waals surface area contributed by atoms with Crippen molar-refractivity contribution in [3.05, 3.63) is 53.3 Å². The van der Waals surface area contributed by atoms with Gasteiger partial charge in [0.2, 0.25) is 5.91 Å². The molecule has 150 valence electrons. The highest BCUT2D eigenvalue weighted by Crippen LogP contribution is 2.25. The van der Waals surface area contributed by atoms with Crippen molar-refractivity contribution in [3.63, 3.8) is 0 Å². The molecule has 0 aliphatic carbocycles. The number of amides is 2. The number of pyridine rings is 1. The number of nitrogens with zero attached hydrogens (tertiary/aromatic N) is 4. The number of rotatable bonds is 6. The molecule has 3 rings (SSSR count). The second-order valence-corrected chi connectivity index (χ2v) is 6.75. The molecular formula is C20H22N6O3. The maximum absolute atomic E-state index is 12.8. The third-order valence-electron chi connectivity index (χ3n) is 4.41. The number of methoxy groups -OCH3 is 1. The fraction of sp³-hybridized carbons (Fsp3) is 0.250. The van der Waals surface area contributed by atoms with Crippen molar-refractivity contribution in [1.82, 2.24) is 19.7 Å². The molecule has 0 saturated heterocycles. The van der Waals surface area contributed by atoms with E-state index in [1.54, 1.807) is 37.5 Å². The number of aryl methyl sites for hydroxylation is 1. The summed E-state index contributed by atoms with van der Waals surface area (Å²) in [6, 6.07) is 8.39. The van der Waals surface area contributed by atoms with Crippen LogP contribution >= 0.6 is 0 Å². The molecule has 1 aromatic carbocycles. The molecule has 0 unspecified atom stereocenters. The summed E-state index contributed by atoms with van der Waals surface area (Å²) in [4.78, 5) is 28.9. The summed E-state index contributed by atoms with van der Waals surface area (Å²) in [5.74, 6) is 0.168. The molecule has 0 atom stereocenters. The summed E-state index contributed by atoms with van der Waals surface area (Å²) >= 11 is 0. The monoisotopic (exact) mass is 394 g/mol. The molecule has 9 heteroatoms. The predicted molar refractivity (Wildman–Crippen MR) is 108 cm³/mol. The highest BCUT2D eigenvalue weighted by atomic mass is 16.5. The van der Waals surface area contributed by atoms with Crippen LogP contribution < -0.4 is 15.8 Å². The van der Waals surface area contributed by atoms with E-state index >= 15 is 0 Å². The zero-order valence-corrected chi connectivity index (χ0v) is 16.6. The van der Waals surface area contributed by atoms with Crippen molar-refractivity contribution in [2.45, 2.75) is 26.8 Å². The van der Waals surface area contributed by atoms with Crippen LogP contribution in [0.2, 0.25) is 0 Å². The minimum absolute atomic E-state index is 0.157. The van der Waals surface area contributed by atoms with E-state index in [9.17, 15) is 9.59 Å². The highest BCUT2D eigenvalue weighted by Gasteiger charge is 2.19. The number of carbonyl (C=O) groups excluding carboxylic acids is 2. The van der Waals surface area contributed by atoms with Crippen LogP contribution in [-0.2, 0) is 0 Å².